The average Bonchev–Trinajstić information content (AvgIpc) is 2.91. The first kappa shape index (κ1) is 30.3. The van der Waals surface area contributed by atoms with E-state index < -0.39 is 36.8 Å². The van der Waals surface area contributed by atoms with Crippen molar-refractivity contribution in [2.45, 2.75) is 36.4 Å². The Hall–Kier alpha value is -3.68. The fraction of sp³-hybridized carbons (Fsp3) is 0.250. The van der Waals surface area contributed by atoms with Crippen LogP contribution in [0.15, 0.2) is 88.8 Å². The van der Waals surface area contributed by atoms with E-state index in [1.807, 2.05) is 13.8 Å². The number of para-hydroxylation sites is 1. The van der Waals surface area contributed by atoms with Gasteiger partial charge in [0.1, 0.15) is 9.79 Å². The second-order valence-electron chi connectivity index (χ2n) is 9.57. The van der Waals surface area contributed by atoms with Gasteiger partial charge >= 0.3 is 16.3 Å². The number of methoxy groups -OCH3 is 1. The summed E-state index contributed by atoms with van der Waals surface area (Å²) in [6.07, 6.45) is -3.25. The summed E-state index contributed by atoms with van der Waals surface area (Å²) in [5.41, 5.74) is -0.479. The van der Waals surface area contributed by atoms with Crippen molar-refractivity contribution in [2.75, 3.05) is 13.7 Å². The molecular weight excluding hydrogens is 581 g/mol. The lowest BCUT2D eigenvalue weighted by molar-refractivity contribution is -0.137. The minimum Gasteiger partial charge on any atom is -0.493 e. The number of sulfonamides is 1. The van der Waals surface area contributed by atoms with Crippen molar-refractivity contribution in [3.8, 4) is 11.5 Å². The Morgan fingerprint density at radius 2 is 1.61 bits per heavy atom. The van der Waals surface area contributed by atoms with Crippen LogP contribution in [0.4, 0.5) is 13.2 Å². The molecule has 0 atom stereocenters. The Bertz CT molecular complexity index is 1770. The van der Waals surface area contributed by atoms with Crippen molar-refractivity contribution in [2.24, 2.45) is 5.92 Å². The molecule has 13 heteroatoms. The van der Waals surface area contributed by atoms with Crippen LogP contribution in [0.25, 0.3) is 10.9 Å². The highest BCUT2D eigenvalue weighted by atomic mass is 32.2. The molecule has 41 heavy (non-hydrogen) atoms. The molecule has 4 aromatic rings. The molecule has 0 N–H and O–H groups in total. The lowest BCUT2D eigenvalue weighted by Gasteiger charge is -2.25. The monoisotopic (exact) mass is 608 g/mol. The van der Waals surface area contributed by atoms with E-state index in [1.165, 1.54) is 35.8 Å². The third kappa shape index (κ3) is 6.80. The van der Waals surface area contributed by atoms with Gasteiger partial charge in [-0.3, -0.25) is 4.98 Å². The maximum absolute atomic E-state index is 13.9. The van der Waals surface area contributed by atoms with Crippen molar-refractivity contribution in [1.29, 1.82) is 0 Å². The maximum atomic E-state index is 13.9. The van der Waals surface area contributed by atoms with Crippen molar-refractivity contribution in [1.82, 2.24) is 9.29 Å². The standard InChI is InChI=1S/C28H27F3N2O6S2/c1-19(2)17-33(40(34,35)26-11-4-7-21-8-6-14-32-27(21)26)18-20-12-13-24(38-3)25(15-20)39-41(36,37)23-10-5-9-22(16-23)28(29,30)31/h4-16,19H,17-18H2,1-3H3. The zero-order chi connectivity index (χ0) is 30.0. The van der Waals surface area contributed by atoms with Crippen LogP contribution in [-0.2, 0) is 32.9 Å². The summed E-state index contributed by atoms with van der Waals surface area (Å²) in [6, 6.07) is 15.7. The van der Waals surface area contributed by atoms with Gasteiger partial charge in [-0.2, -0.15) is 25.9 Å². The van der Waals surface area contributed by atoms with Gasteiger partial charge in [-0.25, -0.2) is 8.42 Å². The van der Waals surface area contributed by atoms with Crippen LogP contribution in [0, 0.1) is 5.92 Å². The number of hydrogen-bond acceptors (Lipinski definition) is 7. The molecule has 0 spiro atoms. The molecule has 0 aliphatic carbocycles. The lowest BCUT2D eigenvalue weighted by atomic mass is 10.2. The normalized spacial score (nSPS) is 12.7. The highest BCUT2D eigenvalue weighted by Crippen LogP contribution is 2.35. The molecule has 8 nitrogen and oxygen atoms in total. The molecule has 0 aliphatic rings. The summed E-state index contributed by atoms with van der Waals surface area (Å²) in [7, 11) is -7.52. The molecule has 0 unspecified atom stereocenters. The Balaban J connectivity index is 1.71. The average molecular weight is 609 g/mol. The molecule has 0 saturated carbocycles. The predicted molar refractivity (Wildman–Crippen MR) is 146 cm³/mol. The number of hydrogen-bond donors (Lipinski definition) is 0. The SMILES string of the molecule is COc1ccc(CN(CC(C)C)S(=O)(=O)c2cccc3cccnc23)cc1OS(=O)(=O)c1cccc(C(F)(F)F)c1. The van der Waals surface area contributed by atoms with E-state index in [0.717, 1.165) is 18.2 Å². The molecule has 0 radical (unpaired) electrons. The predicted octanol–water partition coefficient (Wildman–Crippen LogP) is 5.88. The Morgan fingerprint density at radius 1 is 0.902 bits per heavy atom. The smallest absolute Gasteiger partial charge is 0.416 e. The molecular formula is C28H27F3N2O6S2. The van der Waals surface area contributed by atoms with Crippen molar-refractivity contribution >= 4 is 31.0 Å². The molecule has 0 saturated heterocycles. The highest BCUT2D eigenvalue weighted by Gasteiger charge is 2.33. The fourth-order valence-corrected chi connectivity index (χ4v) is 6.90. The van der Waals surface area contributed by atoms with Gasteiger partial charge in [0.15, 0.2) is 11.5 Å². The van der Waals surface area contributed by atoms with Gasteiger partial charge < -0.3 is 8.92 Å². The van der Waals surface area contributed by atoms with Crippen molar-refractivity contribution < 1.29 is 38.9 Å². The summed E-state index contributed by atoms with van der Waals surface area (Å²) >= 11 is 0. The number of aromatic nitrogens is 1. The first-order chi connectivity index (χ1) is 19.2. The molecule has 0 amide bonds. The Labute approximate surface area is 236 Å². The number of benzene rings is 3. The van der Waals surface area contributed by atoms with Gasteiger partial charge in [-0.15, -0.1) is 0 Å². The van der Waals surface area contributed by atoms with E-state index in [4.69, 9.17) is 8.92 Å². The quantitative estimate of drug-likeness (QED) is 0.207. The minimum absolute atomic E-state index is 0.0131. The van der Waals surface area contributed by atoms with Crippen LogP contribution in [-0.4, -0.2) is 39.8 Å². The molecule has 0 fully saturated rings. The largest absolute Gasteiger partial charge is 0.493 e. The summed E-state index contributed by atoms with van der Waals surface area (Å²) in [6.45, 7) is 3.69. The molecule has 0 aliphatic heterocycles. The van der Waals surface area contributed by atoms with Crippen LogP contribution in [0.2, 0.25) is 0 Å². The number of ether oxygens (including phenoxy) is 1. The lowest BCUT2D eigenvalue weighted by Crippen LogP contribution is -2.34. The molecule has 4 rings (SSSR count). The molecule has 1 heterocycles. The van der Waals surface area contributed by atoms with Crippen LogP contribution in [0.5, 0.6) is 11.5 Å². The maximum Gasteiger partial charge on any atom is 0.416 e. The first-order valence-electron chi connectivity index (χ1n) is 12.3. The molecule has 1 aromatic heterocycles. The van der Waals surface area contributed by atoms with Crippen molar-refractivity contribution in [3.63, 3.8) is 0 Å². The van der Waals surface area contributed by atoms with Gasteiger partial charge in [0, 0.05) is 24.7 Å². The first-order valence-corrected chi connectivity index (χ1v) is 15.2. The zero-order valence-electron chi connectivity index (χ0n) is 22.3. The number of nitrogens with zero attached hydrogens (tertiary/aromatic N) is 2. The zero-order valence-corrected chi connectivity index (χ0v) is 23.9. The van der Waals surface area contributed by atoms with Gasteiger partial charge in [0.25, 0.3) is 0 Å². The number of fused-ring (bicyclic) bond motifs is 1. The van der Waals surface area contributed by atoms with Crippen molar-refractivity contribution in [3.05, 3.63) is 90.1 Å². The summed E-state index contributed by atoms with van der Waals surface area (Å²) in [5, 5.41) is 0.651. The summed E-state index contributed by atoms with van der Waals surface area (Å²) in [4.78, 5) is 3.58. The Morgan fingerprint density at radius 3 is 2.29 bits per heavy atom. The van der Waals surface area contributed by atoms with Crippen LogP contribution < -0.4 is 8.92 Å². The van der Waals surface area contributed by atoms with Gasteiger partial charge in [0.2, 0.25) is 10.0 Å². The number of alkyl halides is 3. The van der Waals surface area contributed by atoms with Gasteiger partial charge in [-0.1, -0.05) is 44.2 Å². The van der Waals surface area contributed by atoms with Crippen LogP contribution in [0.1, 0.15) is 25.0 Å². The second kappa shape index (κ2) is 11.7. The Kier molecular flexibility index (Phi) is 8.62. The fourth-order valence-electron chi connectivity index (χ4n) is 4.16. The number of pyridine rings is 1. The van der Waals surface area contributed by atoms with E-state index >= 15 is 0 Å². The summed E-state index contributed by atoms with van der Waals surface area (Å²) < 4.78 is 105. The van der Waals surface area contributed by atoms with Crippen LogP contribution in [0.3, 0.4) is 0 Å². The van der Waals surface area contributed by atoms with E-state index in [9.17, 15) is 30.0 Å². The third-order valence-corrected chi connectivity index (χ3v) is 9.09. The molecule has 218 valence electrons. The topological polar surface area (TPSA) is 103 Å². The van der Waals surface area contributed by atoms with E-state index in [2.05, 4.69) is 4.98 Å². The number of rotatable bonds is 10. The van der Waals surface area contributed by atoms with Gasteiger partial charge in [0.05, 0.1) is 18.2 Å². The summed E-state index contributed by atoms with van der Waals surface area (Å²) in [5.74, 6) is -0.389. The van der Waals surface area contributed by atoms with E-state index in [0.29, 0.717) is 22.5 Å². The van der Waals surface area contributed by atoms with E-state index in [-0.39, 0.29) is 35.4 Å². The van der Waals surface area contributed by atoms with E-state index in [1.54, 1.807) is 30.3 Å². The number of halogens is 3. The second-order valence-corrected chi connectivity index (χ2v) is 13.0. The third-order valence-electron chi connectivity index (χ3n) is 6.02. The highest BCUT2D eigenvalue weighted by molar-refractivity contribution is 7.89. The van der Waals surface area contributed by atoms with Crippen LogP contribution >= 0.6 is 0 Å². The molecule has 0 bridgehead atoms. The van der Waals surface area contributed by atoms with Gasteiger partial charge in [-0.05, 0) is 53.9 Å². The molecule has 3 aromatic carbocycles. The minimum atomic E-state index is -4.76.